The minimum absolute atomic E-state index is 0.922. The minimum Gasteiger partial charge on any atom is -0.113 e. The SMILES string of the molecule is CCC#CC1=CC=C=CS1. The topological polar surface area (TPSA) is 0 Å². The lowest BCUT2D eigenvalue weighted by atomic mass is 10.4. The maximum atomic E-state index is 3.04. The van der Waals surface area contributed by atoms with Gasteiger partial charge >= 0.3 is 0 Å². The van der Waals surface area contributed by atoms with Gasteiger partial charge < -0.3 is 0 Å². The first-order chi connectivity index (χ1) is 4.93. The summed E-state index contributed by atoms with van der Waals surface area (Å²) in [5, 5.41) is 1.92. The Hall–Kier alpha value is -0.830. The highest BCUT2D eigenvalue weighted by Gasteiger charge is 1.89. The predicted molar refractivity (Wildman–Crippen MR) is 46.4 cm³/mol. The lowest BCUT2D eigenvalue weighted by Gasteiger charge is -1.91. The van der Waals surface area contributed by atoms with Crippen LogP contribution < -0.4 is 0 Å². The maximum Gasteiger partial charge on any atom is 0.0627 e. The molecule has 0 bridgehead atoms. The molecule has 0 spiro atoms. The Labute approximate surface area is 65.7 Å². The van der Waals surface area contributed by atoms with Crippen LogP contribution in [0.5, 0.6) is 0 Å². The largest absolute Gasteiger partial charge is 0.113 e. The molecule has 0 saturated carbocycles. The second-order valence-electron chi connectivity index (χ2n) is 1.76. The van der Waals surface area contributed by atoms with Crippen LogP contribution in [0.2, 0.25) is 0 Å². The van der Waals surface area contributed by atoms with Crippen molar-refractivity contribution in [3.8, 4) is 11.8 Å². The first-order valence-corrected chi connectivity index (χ1v) is 4.08. The third kappa shape index (κ3) is 2.19. The minimum atomic E-state index is 0.922. The van der Waals surface area contributed by atoms with Crippen LogP contribution >= 0.6 is 11.8 Å². The molecule has 0 saturated heterocycles. The van der Waals surface area contributed by atoms with Crippen molar-refractivity contribution in [2.75, 3.05) is 0 Å². The molecule has 1 aliphatic rings. The molecule has 0 aliphatic carbocycles. The van der Waals surface area contributed by atoms with Gasteiger partial charge in [0.2, 0.25) is 0 Å². The second kappa shape index (κ2) is 4.06. The summed E-state index contributed by atoms with van der Waals surface area (Å²) in [6, 6.07) is 0. The Bertz CT molecular complexity index is 254. The Kier molecular flexibility index (Phi) is 2.96. The van der Waals surface area contributed by atoms with Crippen LogP contribution in [-0.4, -0.2) is 0 Å². The maximum absolute atomic E-state index is 3.04. The van der Waals surface area contributed by atoms with Crippen molar-refractivity contribution in [1.82, 2.24) is 0 Å². The third-order valence-corrected chi connectivity index (χ3v) is 1.72. The lowest BCUT2D eigenvalue weighted by molar-refractivity contribution is 1.28. The predicted octanol–water partition coefficient (Wildman–Crippen LogP) is 2.70. The summed E-state index contributed by atoms with van der Waals surface area (Å²) in [7, 11) is 0. The fourth-order valence-corrected chi connectivity index (χ4v) is 1.10. The van der Waals surface area contributed by atoms with Crippen LogP contribution in [0.1, 0.15) is 13.3 Å². The Morgan fingerprint density at radius 1 is 1.70 bits per heavy atom. The van der Waals surface area contributed by atoms with Crippen LogP contribution in [0.4, 0.5) is 0 Å². The molecule has 0 radical (unpaired) electrons. The summed E-state index contributed by atoms with van der Waals surface area (Å²) in [5.41, 5.74) is 2.96. The molecule has 0 amide bonds. The molecule has 0 unspecified atom stereocenters. The molecule has 0 aromatic rings. The van der Waals surface area contributed by atoms with Crippen molar-refractivity contribution >= 4 is 11.8 Å². The lowest BCUT2D eigenvalue weighted by Crippen LogP contribution is -1.69. The number of hydrogen-bond acceptors (Lipinski definition) is 1. The zero-order chi connectivity index (χ0) is 7.23. The van der Waals surface area contributed by atoms with E-state index in [1.165, 1.54) is 0 Å². The van der Waals surface area contributed by atoms with Crippen molar-refractivity contribution in [2.45, 2.75) is 13.3 Å². The van der Waals surface area contributed by atoms with Crippen LogP contribution in [0.25, 0.3) is 0 Å². The highest BCUT2D eigenvalue weighted by Crippen LogP contribution is 2.17. The van der Waals surface area contributed by atoms with Gasteiger partial charge in [0.15, 0.2) is 0 Å². The number of thioether (sulfide) groups is 1. The molecule has 0 fully saturated rings. The highest BCUT2D eigenvalue weighted by molar-refractivity contribution is 8.06. The Morgan fingerprint density at radius 3 is 3.20 bits per heavy atom. The van der Waals surface area contributed by atoms with E-state index in [-0.39, 0.29) is 0 Å². The van der Waals surface area contributed by atoms with Gasteiger partial charge in [-0.25, -0.2) is 0 Å². The van der Waals surface area contributed by atoms with Gasteiger partial charge in [0, 0.05) is 11.8 Å². The molecule has 0 nitrogen and oxygen atoms in total. The summed E-state index contributed by atoms with van der Waals surface area (Å²) < 4.78 is 0. The van der Waals surface area contributed by atoms with Gasteiger partial charge in [-0.2, -0.15) is 0 Å². The van der Waals surface area contributed by atoms with E-state index < -0.39 is 0 Å². The fourth-order valence-electron chi connectivity index (χ4n) is 0.547. The van der Waals surface area contributed by atoms with Crippen molar-refractivity contribution in [3.63, 3.8) is 0 Å². The van der Waals surface area contributed by atoms with E-state index in [4.69, 9.17) is 0 Å². The molecule has 50 valence electrons. The van der Waals surface area contributed by atoms with E-state index in [2.05, 4.69) is 17.6 Å². The van der Waals surface area contributed by atoms with Crippen LogP contribution in [0, 0.1) is 11.8 Å². The fraction of sp³-hybridized carbons (Fsp3) is 0.222. The standard InChI is InChI=1S/C9H8S/c1-2-3-6-9-7-4-5-8-10-9/h4,7-8H,2H2,1H3. The van der Waals surface area contributed by atoms with E-state index in [9.17, 15) is 0 Å². The van der Waals surface area contributed by atoms with E-state index in [0.29, 0.717) is 0 Å². The monoisotopic (exact) mass is 148 g/mol. The van der Waals surface area contributed by atoms with Gasteiger partial charge in [-0.1, -0.05) is 30.5 Å². The first-order valence-electron chi connectivity index (χ1n) is 3.20. The van der Waals surface area contributed by atoms with E-state index in [1.807, 2.05) is 24.5 Å². The second-order valence-corrected chi connectivity index (χ2v) is 2.67. The quantitative estimate of drug-likeness (QED) is 0.376. The summed E-state index contributed by atoms with van der Waals surface area (Å²) in [5.74, 6) is 6.05. The summed E-state index contributed by atoms with van der Waals surface area (Å²) in [4.78, 5) is 1.11. The zero-order valence-corrected chi connectivity index (χ0v) is 6.66. The van der Waals surface area contributed by atoms with Gasteiger partial charge in [-0.15, -0.1) is 5.73 Å². The van der Waals surface area contributed by atoms with Gasteiger partial charge in [-0.3, -0.25) is 0 Å². The smallest absolute Gasteiger partial charge is 0.0627 e. The third-order valence-electron chi connectivity index (χ3n) is 0.973. The summed E-state index contributed by atoms with van der Waals surface area (Å²) in [6.45, 7) is 2.05. The van der Waals surface area contributed by atoms with Crippen molar-refractivity contribution in [2.24, 2.45) is 0 Å². The van der Waals surface area contributed by atoms with Gasteiger partial charge in [-0.05, 0) is 12.2 Å². The molecule has 0 aromatic carbocycles. The zero-order valence-electron chi connectivity index (χ0n) is 5.85. The first kappa shape index (κ1) is 7.28. The van der Waals surface area contributed by atoms with Crippen LogP contribution in [-0.2, 0) is 0 Å². The number of allylic oxidation sites excluding steroid dienone is 3. The average Bonchev–Trinajstić information content (AvgIpc) is 2.03. The van der Waals surface area contributed by atoms with Crippen LogP contribution in [0.15, 0.2) is 28.2 Å². The Balaban J connectivity index is 2.61. The molecule has 0 atom stereocenters. The normalized spacial score (nSPS) is 13.9. The number of rotatable bonds is 0. The van der Waals surface area contributed by atoms with Gasteiger partial charge in [0.1, 0.15) is 0 Å². The molecule has 1 heterocycles. The molecule has 1 aliphatic heterocycles. The van der Waals surface area contributed by atoms with E-state index in [1.54, 1.807) is 11.8 Å². The van der Waals surface area contributed by atoms with Crippen molar-refractivity contribution < 1.29 is 0 Å². The summed E-state index contributed by atoms with van der Waals surface area (Å²) in [6.07, 6.45) is 4.79. The van der Waals surface area contributed by atoms with E-state index in [0.717, 1.165) is 11.3 Å². The molecular formula is C9H8S. The van der Waals surface area contributed by atoms with Crippen molar-refractivity contribution in [3.05, 3.63) is 28.2 Å². The molecule has 10 heavy (non-hydrogen) atoms. The molecule has 0 aromatic heterocycles. The Morgan fingerprint density at radius 2 is 2.60 bits per heavy atom. The molecule has 0 N–H and O–H groups in total. The highest BCUT2D eigenvalue weighted by atomic mass is 32.2. The average molecular weight is 148 g/mol. The summed E-state index contributed by atoms with van der Waals surface area (Å²) >= 11 is 1.62. The molecule has 1 heteroatoms. The van der Waals surface area contributed by atoms with Gasteiger partial charge in [0.25, 0.3) is 0 Å². The molecule has 1 rings (SSSR count). The van der Waals surface area contributed by atoms with Gasteiger partial charge in [0.05, 0.1) is 4.91 Å². The van der Waals surface area contributed by atoms with Crippen molar-refractivity contribution in [1.29, 1.82) is 0 Å². The molecular weight excluding hydrogens is 140 g/mol. The van der Waals surface area contributed by atoms with E-state index >= 15 is 0 Å². The number of hydrogen-bond donors (Lipinski definition) is 0. The van der Waals surface area contributed by atoms with Crippen LogP contribution in [0.3, 0.4) is 0 Å².